The smallest absolute Gasteiger partial charge is 0.266 e. The van der Waals surface area contributed by atoms with E-state index in [-0.39, 0.29) is 11.8 Å². The van der Waals surface area contributed by atoms with Crippen LogP contribution in [0.5, 0.6) is 0 Å². The molecule has 2 aliphatic rings. The van der Waals surface area contributed by atoms with Gasteiger partial charge in [-0.1, -0.05) is 12.8 Å². The SMILES string of the molecule is O=C(c1sccc1-n1cccc1)N1CCC(C(=O)N2CCCCCC2)CC1. The normalized spacial score (nSPS) is 19.1. The molecule has 27 heavy (non-hydrogen) atoms. The van der Waals surface area contributed by atoms with Crippen molar-refractivity contribution in [1.29, 1.82) is 0 Å². The number of amides is 2. The molecule has 4 rings (SSSR count). The second kappa shape index (κ2) is 8.30. The van der Waals surface area contributed by atoms with Crippen LogP contribution in [-0.2, 0) is 4.79 Å². The molecule has 0 aromatic carbocycles. The quantitative estimate of drug-likeness (QED) is 0.807. The maximum Gasteiger partial charge on any atom is 0.266 e. The minimum atomic E-state index is 0.0828. The Morgan fingerprint density at radius 3 is 2.22 bits per heavy atom. The molecule has 0 aliphatic carbocycles. The third-order valence-electron chi connectivity index (χ3n) is 5.77. The summed E-state index contributed by atoms with van der Waals surface area (Å²) >= 11 is 1.49. The van der Waals surface area contributed by atoms with Crippen LogP contribution < -0.4 is 0 Å². The third-order valence-corrected chi connectivity index (χ3v) is 6.66. The number of thiophene rings is 1. The Balaban J connectivity index is 1.37. The lowest BCUT2D eigenvalue weighted by Crippen LogP contribution is -2.44. The van der Waals surface area contributed by atoms with Crippen LogP contribution in [0.15, 0.2) is 36.0 Å². The molecule has 2 aromatic heterocycles. The first kappa shape index (κ1) is 18.3. The van der Waals surface area contributed by atoms with E-state index in [1.54, 1.807) is 0 Å². The van der Waals surface area contributed by atoms with E-state index in [0.717, 1.165) is 49.3 Å². The number of nitrogens with zero attached hydrogens (tertiary/aromatic N) is 3. The molecule has 5 nitrogen and oxygen atoms in total. The van der Waals surface area contributed by atoms with Crippen molar-refractivity contribution in [3.05, 3.63) is 40.8 Å². The van der Waals surface area contributed by atoms with Gasteiger partial charge in [0, 0.05) is 44.5 Å². The highest BCUT2D eigenvalue weighted by Crippen LogP contribution is 2.27. The molecule has 0 saturated carbocycles. The lowest BCUT2D eigenvalue weighted by Gasteiger charge is -2.34. The first-order valence-electron chi connectivity index (χ1n) is 10.0. The molecule has 2 fully saturated rings. The summed E-state index contributed by atoms with van der Waals surface area (Å²) in [4.78, 5) is 30.6. The van der Waals surface area contributed by atoms with E-state index in [9.17, 15) is 9.59 Å². The molecule has 0 N–H and O–H groups in total. The highest BCUT2D eigenvalue weighted by atomic mass is 32.1. The fourth-order valence-corrected chi connectivity index (χ4v) is 5.04. The topological polar surface area (TPSA) is 45.6 Å². The van der Waals surface area contributed by atoms with Gasteiger partial charge in [-0.3, -0.25) is 9.59 Å². The predicted molar refractivity (Wildman–Crippen MR) is 107 cm³/mol. The zero-order chi connectivity index (χ0) is 18.6. The van der Waals surface area contributed by atoms with Crippen molar-refractivity contribution in [3.63, 3.8) is 0 Å². The molecule has 2 aromatic rings. The average Bonchev–Trinajstić information content (AvgIpc) is 3.33. The monoisotopic (exact) mass is 385 g/mol. The van der Waals surface area contributed by atoms with Crippen LogP contribution in [0.4, 0.5) is 0 Å². The molecule has 0 atom stereocenters. The molecule has 2 saturated heterocycles. The van der Waals surface area contributed by atoms with Crippen LogP contribution in [0.1, 0.15) is 48.2 Å². The minimum Gasteiger partial charge on any atom is -0.342 e. The summed E-state index contributed by atoms with van der Waals surface area (Å²) in [6, 6.07) is 5.92. The predicted octanol–water partition coefficient (Wildman–Crippen LogP) is 3.79. The Labute approximate surface area is 164 Å². The number of rotatable bonds is 3. The van der Waals surface area contributed by atoms with E-state index < -0.39 is 0 Å². The van der Waals surface area contributed by atoms with E-state index in [1.807, 2.05) is 45.4 Å². The molecule has 0 radical (unpaired) electrons. The van der Waals surface area contributed by atoms with Crippen molar-refractivity contribution in [2.24, 2.45) is 5.92 Å². The van der Waals surface area contributed by atoms with Crippen LogP contribution in [0.2, 0.25) is 0 Å². The second-order valence-electron chi connectivity index (χ2n) is 7.53. The Morgan fingerprint density at radius 2 is 1.56 bits per heavy atom. The van der Waals surface area contributed by atoms with E-state index in [0.29, 0.717) is 19.0 Å². The van der Waals surface area contributed by atoms with Gasteiger partial charge in [0.25, 0.3) is 5.91 Å². The van der Waals surface area contributed by atoms with Gasteiger partial charge in [-0.2, -0.15) is 0 Å². The zero-order valence-corrected chi connectivity index (χ0v) is 16.5. The summed E-state index contributed by atoms with van der Waals surface area (Å²) < 4.78 is 1.99. The third kappa shape index (κ3) is 3.95. The largest absolute Gasteiger partial charge is 0.342 e. The van der Waals surface area contributed by atoms with Gasteiger partial charge in [0.05, 0.1) is 5.69 Å². The fourth-order valence-electron chi connectivity index (χ4n) is 4.18. The number of carbonyl (C=O) groups is 2. The fraction of sp³-hybridized carbons (Fsp3) is 0.524. The van der Waals surface area contributed by atoms with Gasteiger partial charge in [-0.25, -0.2) is 0 Å². The summed E-state index contributed by atoms with van der Waals surface area (Å²) in [6.45, 7) is 3.17. The molecule has 6 heteroatoms. The standard InChI is InChI=1S/C21H27N3O2S/c25-20(23-12-3-1-2-4-13-23)17-7-14-24(15-8-17)21(26)19-18(9-16-27-19)22-10-5-6-11-22/h5-6,9-11,16-17H,1-4,7-8,12-15H2. The van der Waals surface area contributed by atoms with E-state index in [4.69, 9.17) is 0 Å². The maximum absolute atomic E-state index is 13.0. The summed E-state index contributed by atoms with van der Waals surface area (Å²) in [7, 11) is 0. The summed E-state index contributed by atoms with van der Waals surface area (Å²) in [6.07, 6.45) is 10.2. The summed E-state index contributed by atoms with van der Waals surface area (Å²) in [5.41, 5.74) is 0.942. The van der Waals surface area contributed by atoms with Crippen molar-refractivity contribution < 1.29 is 9.59 Å². The van der Waals surface area contributed by atoms with Gasteiger partial charge in [0.1, 0.15) is 4.88 Å². The number of piperidine rings is 1. The van der Waals surface area contributed by atoms with E-state index >= 15 is 0 Å². The van der Waals surface area contributed by atoms with Crippen LogP contribution in [0.25, 0.3) is 5.69 Å². The van der Waals surface area contributed by atoms with Crippen molar-refractivity contribution in [3.8, 4) is 5.69 Å². The first-order chi connectivity index (χ1) is 13.2. The molecule has 144 valence electrons. The number of carbonyl (C=O) groups excluding carboxylic acids is 2. The lowest BCUT2D eigenvalue weighted by atomic mass is 9.95. The van der Waals surface area contributed by atoms with Crippen LogP contribution >= 0.6 is 11.3 Å². The van der Waals surface area contributed by atoms with Crippen molar-refractivity contribution >= 4 is 23.2 Å². The highest BCUT2D eigenvalue weighted by Gasteiger charge is 2.31. The minimum absolute atomic E-state index is 0.0828. The van der Waals surface area contributed by atoms with Gasteiger partial charge >= 0.3 is 0 Å². The summed E-state index contributed by atoms with van der Waals surface area (Å²) in [5, 5.41) is 1.97. The van der Waals surface area contributed by atoms with E-state index in [1.165, 1.54) is 24.2 Å². The van der Waals surface area contributed by atoms with E-state index in [2.05, 4.69) is 4.90 Å². The maximum atomic E-state index is 13.0. The van der Waals surface area contributed by atoms with Gasteiger partial charge in [-0.05, 0) is 49.3 Å². The highest BCUT2D eigenvalue weighted by molar-refractivity contribution is 7.12. The molecule has 0 spiro atoms. The number of hydrogen-bond donors (Lipinski definition) is 0. The lowest BCUT2D eigenvalue weighted by molar-refractivity contribution is -0.136. The average molecular weight is 386 g/mol. The molecule has 0 unspecified atom stereocenters. The van der Waals surface area contributed by atoms with Crippen LogP contribution in [0.3, 0.4) is 0 Å². The molecular weight excluding hydrogens is 358 g/mol. The second-order valence-corrected chi connectivity index (χ2v) is 8.45. The number of hydrogen-bond acceptors (Lipinski definition) is 3. The number of aromatic nitrogens is 1. The molecular formula is C21H27N3O2S. The molecule has 0 bridgehead atoms. The Bertz CT molecular complexity index is 767. The van der Waals surface area contributed by atoms with Gasteiger partial charge < -0.3 is 14.4 Å². The van der Waals surface area contributed by atoms with Gasteiger partial charge in [0.2, 0.25) is 5.91 Å². The number of likely N-dealkylation sites (tertiary alicyclic amines) is 2. The molecule has 4 heterocycles. The van der Waals surface area contributed by atoms with Crippen molar-refractivity contribution in [2.45, 2.75) is 38.5 Å². The molecule has 2 aliphatic heterocycles. The van der Waals surface area contributed by atoms with Gasteiger partial charge in [-0.15, -0.1) is 11.3 Å². The summed E-state index contributed by atoms with van der Waals surface area (Å²) in [5.74, 6) is 0.488. The van der Waals surface area contributed by atoms with Crippen molar-refractivity contribution in [2.75, 3.05) is 26.2 Å². The first-order valence-corrected chi connectivity index (χ1v) is 10.9. The van der Waals surface area contributed by atoms with Gasteiger partial charge in [0.15, 0.2) is 0 Å². The Morgan fingerprint density at radius 1 is 0.889 bits per heavy atom. The van der Waals surface area contributed by atoms with Crippen molar-refractivity contribution in [1.82, 2.24) is 14.4 Å². The Kier molecular flexibility index (Phi) is 5.62. The zero-order valence-electron chi connectivity index (χ0n) is 15.7. The van der Waals surface area contributed by atoms with Crippen LogP contribution in [0, 0.1) is 5.92 Å². The Hall–Kier alpha value is -2.08. The molecule has 2 amide bonds. The van der Waals surface area contributed by atoms with Crippen LogP contribution in [-0.4, -0.2) is 52.4 Å².